The molecule has 18 heavy (non-hydrogen) atoms. The van der Waals surface area contributed by atoms with Crippen molar-refractivity contribution in [1.29, 1.82) is 0 Å². The van der Waals surface area contributed by atoms with E-state index in [1.807, 2.05) is 0 Å². The molecule has 1 atom stereocenters. The first-order valence-electron chi connectivity index (χ1n) is 7.51. The van der Waals surface area contributed by atoms with Crippen molar-refractivity contribution in [3.8, 4) is 0 Å². The molecule has 0 bridgehead atoms. The summed E-state index contributed by atoms with van der Waals surface area (Å²) in [7, 11) is 2.09. The number of nitrogens with one attached hydrogen (secondary N) is 1. The van der Waals surface area contributed by atoms with Gasteiger partial charge in [-0.3, -0.25) is 4.90 Å². The highest BCUT2D eigenvalue weighted by atomic mass is 16.7. The van der Waals surface area contributed by atoms with Gasteiger partial charge in [0, 0.05) is 31.5 Å². The molecule has 0 amide bonds. The Bertz CT molecular complexity index is 269. The molecule has 1 aliphatic carbocycles. The van der Waals surface area contributed by atoms with Gasteiger partial charge in [-0.05, 0) is 39.3 Å². The van der Waals surface area contributed by atoms with Crippen LogP contribution < -0.4 is 5.32 Å². The number of ether oxygens (including phenoxy) is 2. The van der Waals surface area contributed by atoms with E-state index in [-0.39, 0.29) is 5.79 Å². The zero-order valence-electron chi connectivity index (χ0n) is 11.5. The van der Waals surface area contributed by atoms with Crippen LogP contribution in [0.15, 0.2) is 0 Å². The topological polar surface area (TPSA) is 33.7 Å². The molecule has 1 saturated carbocycles. The highest BCUT2D eigenvalue weighted by Gasteiger charge is 2.41. The monoisotopic (exact) mass is 254 g/mol. The molecule has 2 aliphatic heterocycles. The van der Waals surface area contributed by atoms with Crippen molar-refractivity contribution < 1.29 is 9.47 Å². The largest absolute Gasteiger partial charge is 0.348 e. The van der Waals surface area contributed by atoms with Crippen LogP contribution >= 0.6 is 0 Å². The number of hydrogen-bond donors (Lipinski definition) is 1. The molecule has 0 radical (unpaired) electrons. The quantitative estimate of drug-likeness (QED) is 0.806. The van der Waals surface area contributed by atoms with E-state index in [1.54, 1.807) is 0 Å². The fourth-order valence-corrected chi connectivity index (χ4v) is 3.77. The van der Waals surface area contributed by atoms with Crippen LogP contribution in [0.5, 0.6) is 0 Å². The van der Waals surface area contributed by atoms with Gasteiger partial charge in [0.2, 0.25) is 0 Å². The van der Waals surface area contributed by atoms with E-state index >= 15 is 0 Å². The molecule has 0 aromatic rings. The smallest absolute Gasteiger partial charge is 0.168 e. The maximum Gasteiger partial charge on any atom is 0.168 e. The minimum absolute atomic E-state index is 0.200. The lowest BCUT2D eigenvalue weighted by Crippen LogP contribution is -2.51. The first-order valence-corrected chi connectivity index (χ1v) is 7.51. The van der Waals surface area contributed by atoms with Crippen molar-refractivity contribution >= 4 is 0 Å². The molecule has 4 nitrogen and oxygen atoms in total. The molecule has 1 N–H and O–H groups in total. The third kappa shape index (κ3) is 2.57. The minimum Gasteiger partial charge on any atom is -0.348 e. The standard InChI is InChI=1S/C14H26N2O2/c1-15-12-3-2-8-16(11-12)13-4-6-14(7-5-13)17-9-10-18-14/h12-13,15H,2-11H2,1H3. The molecular weight excluding hydrogens is 228 g/mol. The first-order chi connectivity index (χ1) is 8.81. The van der Waals surface area contributed by atoms with E-state index in [0.717, 1.165) is 32.1 Å². The van der Waals surface area contributed by atoms with Gasteiger partial charge in [0.1, 0.15) is 0 Å². The van der Waals surface area contributed by atoms with Crippen LogP contribution in [0.1, 0.15) is 38.5 Å². The summed E-state index contributed by atoms with van der Waals surface area (Å²) in [4.78, 5) is 2.69. The van der Waals surface area contributed by atoms with Gasteiger partial charge < -0.3 is 14.8 Å². The second-order valence-electron chi connectivity index (χ2n) is 5.96. The van der Waals surface area contributed by atoms with Crippen LogP contribution in [0.2, 0.25) is 0 Å². The summed E-state index contributed by atoms with van der Waals surface area (Å²) in [5, 5.41) is 3.43. The summed E-state index contributed by atoms with van der Waals surface area (Å²) in [5.41, 5.74) is 0. The molecule has 3 aliphatic rings. The maximum atomic E-state index is 5.81. The van der Waals surface area contributed by atoms with Gasteiger partial charge in [0.25, 0.3) is 0 Å². The first kappa shape index (κ1) is 12.9. The van der Waals surface area contributed by atoms with Gasteiger partial charge in [-0.1, -0.05) is 0 Å². The molecule has 0 aromatic carbocycles. The molecule has 4 heteroatoms. The number of likely N-dealkylation sites (tertiary alicyclic amines) is 1. The molecule has 1 spiro atoms. The zero-order valence-corrected chi connectivity index (χ0v) is 11.5. The van der Waals surface area contributed by atoms with E-state index in [1.165, 1.54) is 38.8 Å². The average Bonchev–Trinajstić information content (AvgIpc) is 2.88. The molecular formula is C14H26N2O2. The maximum absolute atomic E-state index is 5.81. The van der Waals surface area contributed by atoms with Crippen LogP contribution in [0, 0.1) is 0 Å². The Morgan fingerprint density at radius 3 is 2.50 bits per heavy atom. The Balaban J connectivity index is 1.52. The van der Waals surface area contributed by atoms with Crippen LogP contribution in [0.3, 0.4) is 0 Å². The summed E-state index contributed by atoms with van der Waals surface area (Å²) in [6, 6.07) is 1.44. The Morgan fingerprint density at radius 1 is 1.11 bits per heavy atom. The van der Waals surface area contributed by atoms with Crippen LogP contribution in [-0.4, -0.2) is 56.1 Å². The summed E-state index contributed by atoms with van der Waals surface area (Å²) in [6.45, 7) is 4.07. The fraction of sp³-hybridized carbons (Fsp3) is 1.00. The minimum atomic E-state index is -0.200. The molecule has 3 rings (SSSR count). The number of piperidine rings is 1. The normalized spacial score (nSPS) is 34.2. The van der Waals surface area contributed by atoms with Crippen molar-refractivity contribution in [3.05, 3.63) is 0 Å². The Kier molecular flexibility index (Phi) is 3.89. The third-order valence-corrected chi connectivity index (χ3v) is 4.91. The number of nitrogens with zero attached hydrogens (tertiary/aromatic N) is 1. The number of hydrogen-bond acceptors (Lipinski definition) is 4. The summed E-state index contributed by atoms with van der Waals surface area (Å²) >= 11 is 0. The number of rotatable bonds is 2. The number of likely N-dealkylation sites (N-methyl/N-ethyl adjacent to an activating group) is 1. The van der Waals surface area contributed by atoms with E-state index in [0.29, 0.717) is 6.04 Å². The summed E-state index contributed by atoms with van der Waals surface area (Å²) < 4.78 is 11.6. The molecule has 0 aromatic heterocycles. The second kappa shape index (κ2) is 5.45. The van der Waals surface area contributed by atoms with Gasteiger partial charge in [-0.2, -0.15) is 0 Å². The van der Waals surface area contributed by atoms with E-state index in [4.69, 9.17) is 9.47 Å². The van der Waals surface area contributed by atoms with Crippen LogP contribution in [0.4, 0.5) is 0 Å². The average molecular weight is 254 g/mol. The van der Waals surface area contributed by atoms with Crippen LogP contribution in [-0.2, 0) is 9.47 Å². The van der Waals surface area contributed by atoms with Gasteiger partial charge >= 0.3 is 0 Å². The lowest BCUT2D eigenvalue weighted by molar-refractivity contribution is -0.184. The Labute approximate surface area is 110 Å². The zero-order chi connectivity index (χ0) is 12.4. The highest BCUT2D eigenvalue weighted by molar-refractivity contribution is 4.89. The Hall–Kier alpha value is -0.160. The molecule has 104 valence electrons. The molecule has 2 heterocycles. The van der Waals surface area contributed by atoms with E-state index in [9.17, 15) is 0 Å². The fourth-order valence-electron chi connectivity index (χ4n) is 3.77. The second-order valence-corrected chi connectivity index (χ2v) is 5.96. The van der Waals surface area contributed by atoms with Gasteiger partial charge in [-0.25, -0.2) is 0 Å². The van der Waals surface area contributed by atoms with Crippen molar-refractivity contribution in [2.24, 2.45) is 0 Å². The van der Waals surface area contributed by atoms with E-state index < -0.39 is 0 Å². The lowest BCUT2D eigenvalue weighted by Gasteiger charge is -2.43. The van der Waals surface area contributed by atoms with Crippen LogP contribution in [0.25, 0.3) is 0 Å². The predicted molar refractivity (Wildman–Crippen MR) is 70.5 cm³/mol. The highest BCUT2D eigenvalue weighted by Crippen LogP contribution is 2.37. The van der Waals surface area contributed by atoms with Gasteiger partial charge in [0.15, 0.2) is 5.79 Å². The van der Waals surface area contributed by atoms with Gasteiger partial charge in [0.05, 0.1) is 13.2 Å². The molecule has 3 fully saturated rings. The molecule has 2 saturated heterocycles. The summed E-state index contributed by atoms with van der Waals surface area (Å²) in [6.07, 6.45) is 7.29. The van der Waals surface area contributed by atoms with Crippen molar-refractivity contribution in [2.45, 2.75) is 56.4 Å². The Morgan fingerprint density at radius 2 is 1.83 bits per heavy atom. The third-order valence-electron chi connectivity index (χ3n) is 4.91. The lowest BCUT2D eigenvalue weighted by atomic mass is 9.88. The summed E-state index contributed by atoms with van der Waals surface area (Å²) in [5.74, 6) is -0.200. The van der Waals surface area contributed by atoms with Crippen molar-refractivity contribution in [2.75, 3.05) is 33.4 Å². The SMILES string of the molecule is CNC1CCCN(C2CCC3(CC2)OCCO3)C1. The predicted octanol–water partition coefficient (Wildman–Crippen LogP) is 1.36. The van der Waals surface area contributed by atoms with Crippen molar-refractivity contribution in [3.63, 3.8) is 0 Å². The van der Waals surface area contributed by atoms with Gasteiger partial charge in [-0.15, -0.1) is 0 Å². The molecule has 1 unspecified atom stereocenters. The van der Waals surface area contributed by atoms with E-state index in [2.05, 4.69) is 17.3 Å². The van der Waals surface area contributed by atoms with Crippen molar-refractivity contribution in [1.82, 2.24) is 10.2 Å².